The molecular weight excluding hydrogens is 297 g/mol. The molecule has 2 atom stereocenters. The predicted octanol–water partition coefficient (Wildman–Crippen LogP) is 2.44. The Bertz CT molecular complexity index is 558. The number of amides is 2. The van der Waals surface area contributed by atoms with Crippen LogP contribution in [0.2, 0.25) is 0 Å². The molecule has 4 nitrogen and oxygen atoms in total. The second-order valence-corrected chi connectivity index (χ2v) is 5.19. The van der Waals surface area contributed by atoms with Gasteiger partial charge in [0.15, 0.2) is 0 Å². The van der Waals surface area contributed by atoms with Crippen molar-refractivity contribution in [1.82, 2.24) is 10.6 Å². The van der Waals surface area contributed by atoms with Gasteiger partial charge in [-0.1, -0.05) is 24.3 Å². The molecule has 0 spiro atoms. The van der Waals surface area contributed by atoms with Crippen molar-refractivity contribution in [3.63, 3.8) is 0 Å². The minimum absolute atomic E-state index is 0.00954. The van der Waals surface area contributed by atoms with Crippen molar-refractivity contribution in [1.29, 1.82) is 0 Å². The Morgan fingerprint density at radius 1 is 1.32 bits per heavy atom. The molecule has 0 heterocycles. The standard InChI is InChI=1S/C15H17F3N2O2/c16-15(17,18)12-3-1-2-10(6-12)8-19-14(22)20-13-5-4-11(7-13)9-21/h1-6,11,13,21H,7-9H2,(H2,19,20,22)/t11-,13+/m0/s1. The summed E-state index contributed by atoms with van der Waals surface area (Å²) in [6.07, 6.45) is -0.151. The Kier molecular flexibility index (Phi) is 5.07. The Hall–Kier alpha value is -2.02. The molecule has 0 aliphatic heterocycles. The molecule has 2 amide bonds. The number of benzene rings is 1. The van der Waals surface area contributed by atoms with Gasteiger partial charge in [-0.2, -0.15) is 13.2 Å². The van der Waals surface area contributed by atoms with E-state index in [0.29, 0.717) is 12.0 Å². The molecule has 0 fully saturated rings. The number of aliphatic hydroxyl groups is 1. The largest absolute Gasteiger partial charge is 0.416 e. The minimum Gasteiger partial charge on any atom is -0.396 e. The molecule has 0 bridgehead atoms. The van der Waals surface area contributed by atoms with E-state index in [4.69, 9.17) is 5.11 Å². The van der Waals surface area contributed by atoms with E-state index in [-0.39, 0.29) is 25.1 Å². The van der Waals surface area contributed by atoms with Gasteiger partial charge in [-0.15, -0.1) is 0 Å². The number of rotatable bonds is 4. The van der Waals surface area contributed by atoms with Crippen molar-refractivity contribution in [3.05, 3.63) is 47.5 Å². The zero-order valence-electron chi connectivity index (χ0n) is 11.7. The summed E-state index contributed by atoms with van der Waals surface area (Å²) in [5.41, 5.74) is -0.364. The molecule has 1 aliphatic carbocycles. The maximum Gasteiger partial charge on any atom is 0.416 e. The summed E-state index contributed by atoms with van der Waals surface area (Å²) in [7, 11) is 0. The van der Waals surface area contributed by atoms with E-state index in [0.717, 1.165) is 12.1 Å². The zero-order chi connectivity index (χ0) is 16.2. The van der Waals surface area contributed by atoms with Gasteiger partial charge in [0, 0.05) is 25.1 Å². The molecule has 0 saturated carbocycles. The summed E-state index contributed by atoms with van der Waals surface area (Å²) in [6.45, 7) is 0.0378. The van der Waals surface area contributed by atoms with E-state index < -0.39 is 17.8 Å². The van der Waals surface area contributed by atoms with Crippen LogP contribution in [0.15, 0.2) is 36.4 Å². The van der Waals surface area contributed by atoms with Crippen molar-refractivity contribution >= 4 is 6.03 Å². The summed E-state index contributed by atoms with van der Waals surface area (Å²) in [6, 6.07) is 4.21. The average Bonchev–Trinajstić information content (AvgIpc) is 2.92. The second-order valence-electron chi connectivity index (χ2n) is 5.19. The fraction of sp³-hybridized carbons (Fsp3) is 0.400. The van der Waals surface area contributed by atoms with Crippen LogP contribution in [0, 0.1) is 5.92 Å². The van der Waals surface area contributed by atoms with Crippen LogP contribution in [-0.4, -0.2) is 23.8 Å². The highest BCUT2D eigenvalue weighted by molar-refractivity contribution is 5.74. The normalized spacial score (nSPS) is 20.9. The van der Waals surface area contributed by atoms with E-state index in [1.165, 1.54) is 12.1 Å². The highest BCUT2D eigenvalue weighted by Gasteiger charge is 2.30. The molecule has 0 radical (unpaired) electrons. The SMILES string of the molecule is O=C(NCc1cccc(C(F)(F)F)c1)N[C@@H]1C=C[C@H](CO)C1. The second kappa shape index (κ2) is 6.83. The van der Waals surface area contributed by atoms with Crippen LogP contribution in [0.25, 0.3) is 0 Å². The summed E-state index contributed by atoms with van der Waals surface area (Å²) in [5, 5.41) is 14.2. The van der Waals surface area contributed by atoms with Crippen LogP contribution in [0.1, 0.15) is 17.5 Å². The number of carbonyl (C=O) groups is 1. The molecule has 1 aromatic rings. The lowest BCUT2D eigenvalue weighted by atomic mass is 10.1. The fourth-order valence-corrected chi connectivity index (χ4v) is 2.28. The van der Waals surface area contributed by atoms with E-state index in [1.54, 1.807) is 6.08 Å². The van der Waals surface area contributed by atoms with Gasteiger partial charge >= 0.3 is 12.2 Å². The molecule has 3 N–H and O–H groups in total. The van der Waals surface area contributed by atoms with Crippen LogP contribution in [0.3, 0.4) is 0 Å². The molecule has 0 saturated heterocycles. The van der Waals surface area contributed by atoms with Gasteiger partial charge in [-0.3, -0.25) is 0 Å². The van der Waals surface area contributed by atoms with Crippen molar-refractivity contribution < 1.29 is 23.1 Å². The van der Waals surface area contributed by atoms with Gasteiger partial charge in [0.25, 0.3) is 0 Å². The summed E-state index contributed by atoms with van der Waals surface area (Å²) < 4.78 is 37.7. The van der Waals surface area contributed by atoms with Gasteiger partial charge in [0.1, 0.15) is 0 Å². The van der Waals surface area contributed by atoms with E-state index >= 15 is 0 Å². The monoisotopic (exact) mass is 314 g/mol. The number of nitrogens with one attached hydrogen (secondary N) is 2. The number of halogens is 3. The first-order valence-corrected chi connectivity index (χ1v) is 6.88. The number of hydrogen-bond acceptors (Lipinski definition) is 2. The van der Waals surface area contributed by atoms with Crippen LogP contribution in [0.4, 0.5) is 18.0 Å². The number of alkyl halides is 3. The summed E-state index contributed by atoms with van der Waals surface area (Å²) in [5.74, 6) is 0.0359. The first-order valence-electron chi connectivity index (χ1n) is 6.88. The molecule has 1 aliphatic rings. The molecular formula is C15H17F3N2O2. The molecule has 2 rings (SSSR count). The predicted molar refractivity (Wildman–Crippen MR) is 74.9 cm³/mol. The molecule has 1 aromatic carbocycles. The maximum absolute atomic E-state index is 12.6. The van der Waals surface area contributed by atoms with Gasteiger partial charge in [-0.25, -0.2) is 4.79 Å². The average molecular weight is 314 g/mol. The molecule has 120 valence electrons. The minimum atomic E-state index is -4.40. The summed E-state index contributed by atoms with van der Waals surface area (Å²) >= 11 is 0. The fourth-order valence-electron chi connectivity index (χ4n) is 2.28. The van der Waals surface area contributed by atoms with Crippen LogP contribution in [-0.2, 0) is 12.7 Å². The molecule has 0 aromatic heterocycles. The van der Waals surface area contributed by atoms with Crippen LogP contribution < -0.4 is 10.6 Å². The third-order valence-electron chi connectivity index (χ3n) is 3.43. The van der Waals surface area contributed by atoms with Crippen LogP contribution in [0.5, 0.6) is 0 Å². The van der Waals surface area contributed by atoms with E-state index in [9.17, 15) is 18.0 Å². The molecule has 22 heavy (non-hydrogen) atoms. The quantitative estimate of drug-likeness (QED) is 0.748. The Morgan fingerprint density at radius 3 is 2.73 bits per heavy atom. The third-order valence-corrected chi connectivity index (χ3v) is 3.43. The zero-order valence-corrected chi connectivity index (χ0v) is 11.7. The maximum atomic E-state index is 12.6. The lowest BCUT2D eigenvalue weighted by Gasteiger charge is -2.14. The van der Waals surface area contributed by atoms with Gasteiger partial charge in [-0.05, 0) is 24.1 Å². The first kappa shape index (κ1) is 16.4. The van der Waals surface area contributed by atoms with Crippen molar-refractivity contribution in [2.75, 3.05) is 6.61 Å². The van der Waals surface area contributed by atoms with Crippen molar-refractivity contribution in [3.8, 4) is 0 Å². The Labute approximate surface area is 126 Å². The van der Waals surface area contributed by atoms with Gasteiger partial charge in [0.05, 0.1) is 5.56 Å². The van der Waals surface area contributed by atoms with E-state index in [1.807, 2.05) is 6.08 Å². The number of urea groups is 1. The first-order chi connectivity index (χ1) is 10.4. The highest BCUT2D eigenvalue weighted by atomic mass is 19.4. The smallest absolute Gasteiger partial charge is 0.396 e. The van der Waals surface area contributed by atoms with Crippen LogP contribution >= 0.6 is 0 Å². The topological polar surface area (TPSA) is 61.4 Å². The lowest BCUT2D eigenvalue weighted by Crippen LogP contribution is -2.40. The van der Waals surface area contributed by atoms with Gasteiger partial charge < -0.3 is 15.7 Å². The highest BCUT2D eigenvalue weighted by Crippen LogP contribution is 2.29. The third kappa shape index (κ3) is 4.49. The number of hydrogen-bond donors (Lipinski definition) is 3. The van der Waals surface area contributed by atoms with Crippen molar-refractivity contribution in [2.24, 2.45) is 5.92 Å². The Morgan fingerprint density at radius 2 is 2.09 bits per heavy atom. The van der Waals surface area contributed by atoms with E-state index in [2.05, 4.69) is 10.6 Å². The Balaban J connectivity index is 1.83. The molecule has 0 unspecified atom stereocenters. The lowest BCUT2D eigenvalue weighted by molar-refractivity contribution is -0.137. The van der Waals surface area contributed by atoms with Crippen molar-refractivity contribution in [2.45, 2.75) is 25.2 Å². The molecule has 7 heteroatoms. The number of aliphatic hydroxyl groups excluding tert-OH is 1. The summed E-state index contributed by atoms with van der Waals surface area (Å²) in [4.78, 5) is 11.7. The number of carbonyl (C=O) groups excluding carboxylic acids is 1. The van der Waals surface area contributed by atoms with Gasteiger partial charge in [0.2, 0.25) is 0 Å².